The van der Waals surface area contributed by atoms with E-state index in [0.717, 1.165) is 11.5 Å². The number of methoxy groups -OCH3 is 1. The largest absolute Gasteiger partial charge is 0.395 e. The maximum Gasteiger partial charge on any atom is 0.162 e. The molecule has 0 unspecified atom stereocenters. The number of hydrogen-bond acceptors (Lipinski definition) is 6. The number of hydrogen-bond donors (Lipinski definition) is 1. The lowest BCUT2D eigenvalue weighted by molar-refractivity contribution is 0.203. The Kier molecular flexibility index (Phi) is 5.49. The molecule has 0 radical (unpaired) electrons. The zero-order valence-corrected chi connectivity index (χ0v) is 10.4. The van der Waals surface area contributed by atoms with Gasteiger partial charge in [-0.1, -0.05) is 11.6 Å². The van der Waals surface area contributed by atoms with Crippen LogP contribution in [0.1, 0.15) is 5.56 Å². The van der Waals surface area contributed by atoms with Crippen molar-refractivity contribution in [3.05, 3.63) is 10.7 Å². The summed E-state index contributed by atoms with van der Waals surface area (Å²) in [6, 6.07) is 2.01. The molecule has 0 aromatic carbocycles. The first-order chi connectivity index (χ1) is 7.74. The minimum atomic E-state index is 0.00407. The van der Waals surface area contributed by atoms with Crippen LogP contribution in [0, 0.1) is 11.3 Å². The van der Waals surface area contributed by atoms with Crippen LogP contribution >= 0.6 is 23.1 Å². The minimum absolute atomic E-state index is 0.00407. The average Bonchev–Trinajstić information content (AvgIpc) is 2.65. The van der Waals surface area contributed by atoms with Crippen LogP contribution in [-0.4, -0.2) is 42.9 Å². The third-order valence-corrected chi connectivity index (χ3v) is 3.25. The number of halogens is 1. The predicted molar refractivity (Wildman–Crippen MR) is 63.0 cm³/mol. The van der Waals surface area contributed by atoms with Crippen LogP contribution in [0.2, 0.25) is 5.15 Å². The van der Waals surface area contributed by atoms with Crippen molar-refractivity contribution >= 4 is 28.1 Å². The summed E-state index contributed by atoms with van der Waals surface area (Å²) < 4.78 is 8.88. The first kappa shape index (κ1) is 13.2. The molecule has 0 saturated carbocycles. The Morgan fingerprint density at radius 1 is 1.62 bits per heavy atom. The van der Waals surface area contributed by atoms with Gasteiger partial charge in [0.2, 0.25) is 0 Å². The first-order valence-corrected chi connectivity index (χ1v) is 5.79. The fraction of sp³-hybridized carbons (Fsp3) is 0.556. The summed E-state index contributed by atoms with van der Waals surface area (Å²) in [5.41, 5.74) is 0.358. The monoisotopic (exact) mass is 261 g/mol. The van der Waals surface area contributed by atoms with Gasteiger partial charge in [-0.3, -0.25) is 0 Å². The van der Waals surface area contributed by atoms with Gasteiger partial charge >= 0.3 is 0 Å². The molecule has 1 rings (SSSR count). The molecule has 1 aromatic heterocycles. The number of nitrogens with zero attached hydrogens (tertiary/aromatic N) is 3. The lowest BCUT2D eigenvalue weighted by Gasteiger charge is -2.21. The van der Waals surface area contributed by atoms with E-state index in [1.54, 1.807) is 7.11 Å². The Hall–Kier alpha value is -0.870. The van der Waals surface area contributed by atoms with Crippen LogP contribution in [-0.2, 0) is 4.74 Å². The topological polar surface area (TPSA) is 69.4 Å². The Balaban J connectivity index is 2.87. The highest BCUT2D eigenvalue weighted by Gasteiger charge is 2.17. The van der Waals surface area contributed by atoms with Gasteiger partial charge < -0.3 is 14.7 Å². The van der Waals surface area contributed by atoms with Gasteiger partial charge in [-0.25, -0.2) is 0 Å². The molecule has 7 heteroatoms. The summed E-state index contributed by atoms with van der Waals surface area (Å²) in [5, 5.41) is 18.8. The van der Waals surface area contributed by atoms with Crippen molar-refractivity contribution in [1.82, 2.24) is 4.37 Å². The Morgan fingerprint density at radius 3 is 2.94 bits per heavy atom. The van der Waals surface area contributed by atoms with Crippen LogP contribution in [0.25, 0.3) is 0 Å². The van der Waals surface area contributed by atoms with Gasteiger partial charge in [-0.2, -0.15) is 9.64 Å². The molecule has 5 nitrogen and oxygen atoms in total. The fourth-order valence-corrected chi connectivity index (χ4v) is 2.29. The van der Waals surface area contributed by atoms with Crippen molar-refractivity contribution in [3.63, 3.8) is 0 Å². The molecule has 0 saturated heterocycles. The molecule has 1 N–H and O–H groups in total. The van der Waals surface area contributed by atoms with E-state index >= 15 is 0 Å². The van der Waals surface area contributed by atoms with Crippen LogP contribution in [0.3, 0.4) is 0 Å². The standard InChI is InChI=1S/C9H12ClN3O2S/c1-15-5-3-13(2-4-14)9-7(6-11)8(10)12-16-9/h14H,2-5H2,1H3. The van der Waals surface area contributed by atoms with E-state index in [4.69, 9.17) is 26.7 Å². The molecule has 1 heterocycles. The average molecular weight is 262 g/mol. The molecule has 0 spiro atoms. The zero-order valence-electron chi connectivity index (χ0n) is 8.81. The van der Waals surface area contributed by atoms with Gasteiger partial charge in [0.15, 0.2) is 5.15 Å². The van der Waals surface area contributed by atoms with Crippen molar-refractivity contribution in [3.8, 4) is 6.07 Å². The predicted octanol–water partition coefficient (Wildman–Crippen LogP) is 1.11. The summed E-state index contributed by atoms with van der Waals surface area (Å²) in [5.74, 6) is 0. The van der Waals surface area contributed by atoms with Crippen LogP contribution in [0.15, 0.2) is 0 Å². The van der Waals surface area contributed by atoms with Crippen LogP contribution < -0.4 is 4.90 Å². The highest BCUT2D eigenvalue weighted by Crippen LogP contribution is 2.30. The Labute approximate surface area is 103 Å². The lowest BCUT2D eigenvalue weighted by atomic mass is 10.3. The molecule has 0 aliphatic heterocycles. The minimum Gasteiger partial charge on any atom is -0.395 e. The second kappa shape index (κ2) is 6.66. The fourth-order valence-electron chi connectivity index (χ4n) is 1.21. The number of aromatic nitrogens is 1. The number of anilines is 1. The van der Waals surface area contributed by atoms with Gasteiger partial charge in [0.1, 0.15) is 16.6 Å². The summed E-state index contributed by atoms with van der Waals surface area (Å²) in [7, 11) is 1.60. The second-order valence-electron chi connectivity index (χ2n) is 2.97. The molecule has 0 atom stereocenters. The quantitative estimate of drug-likeness (QED) is 0.831. The molecule has 0 amide bonds. The summed E-state index contributed by atoms with van der Waals surface area (Å²) >= 11 is 6.93. The first-order valence-electron chi connectivity index (χ1n) is 4.64. The third kappa shape index (κ3) is 3.06. The van der Waals surface area contributed by atoms with Crippen molar-refractivity contribution in [2.75, 3.05) is 38.3 Å². The van der Waals surface area contributed by atoms with Gasteiger partial charge in [-0.05, 0) is 11.5 Å². The molecule has 0 aliphatic rings. The molecule has 0 aliphatic carbocycles. The highest BCUT2D eigenvalue weighted by atomic mass is 35.5. The van der Waals surface area contributed by atoms with E-state index in [2.05, 4.69) is 4.37 Å². The number of aliphatic hydroxyl groups is 1. The van der Waals surface area contributed by atoms with Gasteiger partial charge in [0, 0.05) is 20.2 Å². The molecule has 0 fully saturated rings. The molecule has 16 heavy (non-hydrogen) atoms. The van der Waals surface area contributed by atoms with Crippen molar-refractivity contribution < 1.29 is 9.84 Å². The summed E-state index contributed by atoms with van der Waals surface area (Å²) in [6.07, 6.45) is 0. The number of rotatable bonds is 6. The molecular weight excluding hydrogens is 250 g/mol. The number of ether oxygens (including phenoxy) is 1. The molecule has 1 aromatic rings. The van der Waals surface area contributed by atoms with Crippen molar-refractivity contribution in [2.45, 2.75) is 0 Å². The van der Waals surface area contributed by atoms with E-state index in [9.17, 15) is 0 Å². The Bertz CT molecular complexity index is 377. The van der Waals surface area contributed by atoms with Crippen LogP contribution in [0.5, 0.6) is 0 Å². The summed E-state index contributed by atoms with van der Waals surface area (Å²) in [4.78, 5) is 1.84. The van der Waals surface area contributed by atoms with E-state index < -0.39 is 0 Å². The smallest absolute Gasteiger partial charge is 0.162 e. The molecular formula is C9H12ClN3O2S. The summed E-state index contributed by atoms with van der Waals surface area (Å²) in [6.45, 7) is 1.53. The Morgan fingerprint density at radius 2 is 2.38 bits per heavy atom. The van der Waals surface area contributed by atoms with E-state index in [0.29, 0.717) is 30.3 Å². The second-order valence-corrected chi connectivity index (χ2v) is 4.08. The highest BCUT2D eigenvalue weighted by molar-refractivity contribution is 7.10. The SMILES string of the molecule is COCCN(CCO)c1snc(Cl)c1C#N. The zero-order chi connectivity index (χ0) is 12.0. The lowest BCUT2D eigenvalue weighted by Crippen LogP contribution is -2.29. The molecule has 0 bridgehead atoms. The van der Waals surface area contributed by atoms with Gasteiger partial charge in [0.05, 0.1) is 13.2 Å². The van der Waals surface area contributed by atoms with Gasteiger partial charge in [-0.15, -0.1) is 0 Å². The third-order valence-electron chi connectivity index (χ3n) is 1.97. The number of aliphatic hydroxyl groups excluding tert-OH is 1. The van der Waals surface area contributed by atoms with Gasteiger partial charge in [0.25, 0.3) is 0 Å². The van der Waals surface area contributed by atoms with E-state index in [1.165, 1.54) is 0 Å². The van der Waals surface area contributed by atoms with Crippen LogP contribution in [0.4, 0.5) is 5.00 Å². The molecule has 88 valence electrons. The van der Waals surface area contributed by atoms with Crippen molar-refractivity contribution in [1.29, 1.82) is 5.26 Å². The normalized spacial score (nSPS) is 10.1. The maximum absolute atomic E-state index is 8.95. The number of nitriles is 1. The van der Waals surface area contributed by atoms with E-state index in [1.807, 2.05) is 11.0 Å². The van der Waals surface area contributed by atoms with Crippen molar-refractivity contribution in [2.24, 2.45) is 0 Å². The van der Waals surface area contributed by atoms with E-state index in [-0.39, 0.29) is 11.8 Å². The maximum atomic E-state index is 8.95.